The van der Waals surface area contributed by atoms with E-state index in [-0.39, 0.29) is 0 Å². The van der Waals surface area contributed by atoms with Gasteiger partial charge >= 0.3 is 0 Å². The van der Waals surface area contributed by atoms with Crippen LogP contribution in [0.4, 0.5) is 17.5 Å². The van der Waals surface area contributed by atoms with Crippen LogP contribution in [0.2, 0.25) is 5.02 Å². The van der Waals surface area contributed by atoms with Crippen molar-refractivity contribution in [3.8, 4) is 0 Å². The first-order valence-corrected chi connectivity index (χ1v) is 10.9. The average molecular weight is 408 g/mol. The van der Waals surface area contributed by atoms with Crippen LogP contribution in [0.25, 0.3) is 10.9 Å². The molecule has 0 atom stereocenters. The van der Waals surface area contributed by atoms with Crippen LogP contribution in [0.15, 0.2) is 48.5 Å². The predicted octanol–water partition coefficient (Wildman–Crippen LogP) is 4.96. The summed E-state index contributed by atoms with van der Waals surface area (Å²) in [5.41, 5.74) is 2.11. The highest BCUT2D eigenvalue weighted by molar-refractivity contribution is 6.33. The van der Waals surface area contributed by atoms with Gasteiger partial charge in [0, 0.05) is 37.6 Å². The zero-order valence-electron chi connectivity index (χ0n) is 16.5. The second-order valence-electron chi connectivity index (χ2n) is 7.94. The molecule has 0 spiro atoms. The second kappa shape index (κ2) is 8.07. The van der Waals surface area contributed by atoms with Crippen LogP contribution < -0.4 is 15.1 Å². The maximum Gasteiger partial charge on any atom is 0.228 e. The van der Waals surface area contributed by atoms with Gasteiger partial charge in [-0.1, -0.05) is 48.7 Å². The molecule has 0 bridgehead atoms. The summed E-state index contributed by atoms with van der Waals surface area (Å²) in [6.45, 7) is 3.58. The Morgan fingerprint density at radius 2 is 1.52 bits per heavy atom. The van der Waals surface area contributed by atoms with Crippen molar-refractivity contribution in [2.24, 2.45) is 0 Å². The molecule has 0 unspecified atom stereocenters. The Bertz CT molecular complexity index is 993. The van der Waals surface area contributed by atoms with Gasteiger partial charge in [0.05, 0.1) is 16.2 Å². The van der Waals surface area contributed by atoms with Crippen molar-refractivity contribution in [1.82, 2.24) is 9.97 Å². The Balaban J connectivity index is 1.38. The smallest absolute Gasteiger partial charge is 0.228 e. The number of para-hydroxylation sites is 2. The molecule has 2 aliphatic rings. The predicted molar refractivity (Wildman–Crippen MR) is 121 cm³/mol. The molecule has 29 heavy (non-hydrogen) atoms. The van der Waals surface area contributed by atoms with Crippen molar-refractivity contribution >= 4 is 40.0 Å². The van der Waals surface area contributed by atoms with Gasteiger partial charge in [-0.2, -0.15) is 4.98 Å². The topological polar surface area (TPSA) is 44.3 Å². The van der Waals surface area contributed by atoms with Crippen LogP contribution in [0.1, 0.15) is 25.7 Å². The van der Waals surface area contributed by atoms with E-state index < -0.39 is 0 Å². The first kappa shape index (κ1) is 18.5. The Morgan fingerprint density at radius 3 is 2.31 bits per heavy atom. The Labute approximate surface area is 176 Å². The summed E-state index contributed by atoms with van der Waals surface area (Å²) in [6, 6.07) is 16.9. The summed E-state index contributed by atoms with van der Waals surface area (Å²) in [5, 5.41) is 5.62. The minimum atomic E-state index is 0.526. The van der Waals surface area contributed by atoms with Crippen molar-refractivity contribution in [2.75, 3.05) is 41.3 Å². The molecule has 5 nitrogen and oxygen atoms in total. The number of benzene rings is 2. The highest BCUT2D eigenvalue weighted by atomic mass is 35.5. The van der Waals surface area contributed by atoms with Crippen LogP contribution in [0.5, 0.6) is 0 Å². The Morgan fingerprint density at radius 1 is 0.828 bits per heavy atom. The van der Waals surface area contributed by atoms with Crippen molar-refractivity contribution in [2.45, 2.75) is 31.7 Å². The molecule has 2 aromatic carbocycles. The largest absolute Gasteiger partial charge is 0.367 e. The molecule has 0 radical (unpaired) electrons. The lowest BCUT2D eigenvalue weighted by molar-refractivity contribution is 0.641. The number of fused-ring (bicyclic) bond motifs is 1. The maximum atomic E-state index is 6.39. The maximum absolute atomic E-state index is 6.39. The van der Waals surface area contributed by atoms with Gasteiger partial charge in [-0.15, -0.1) is 0 Å². The van der Waals surface area contributed by atoms with Crippen LogP contribution in [0.3, 0.4) is 0 Å². The molecule has 1 aromatic heterocycles. The summed E-state index contributed by atoms with van der Waals surface area (Å²) in [6.07, 6.45) is 5.06. The molecule has 1 N–H and O–H groups in total. The number of rotatable bonds is 4. The summed E-state index contributed by atoms with van der Waals surface area (Å²) < 4.78 is 0. The van der Waals surface area contributed by atoms with E-state index in [4.69, 9.17) is 21.6 Å². The number of nitrogens with zero attached hydrogens (tertiary/aromatic N) is 4. The number of anilines is 3. The third-order valence-corrected chi connectivity index (χ3v) is 6.36. The summed E-state index contributed by atoms with van der Waals surface area (Å²) in [7, 11) is 0. The number of piperazine rings is 1. The van der Waals surface area contributed by atoms with Gasteiger partial charge in [0.15, 0.2) is 0 Å². The van der Waals surface area contributed by atoms with E-state index >= 15 is 0 Å². The Hall–Kier alpha value is -2.53. The lowest BCUT2D eigenvalue weighted by Gasteiger charge is -2.36. The molecule has 3 aromatic rings. The lowest BCUT2D eigenvalue weighted by Crippen LogP contribution is -2.47. The van der Waals surface area contributed by atoms with E-state index in [0.717, 1.165) is 59.6 Å². The average Bonchev–Trinajstić information content (AvgIpc) is 3.27. The monoisotopic (exact) mass is 407 g/mol. The molecule has 1 aliphatic heterocycles. The fourth-order valence-corrected chi connectivity index (χ4v) is 4.69. The van der Waals surface area contributed by atoms with E-state index in [1.807, 2.05) is 24.3 Å². The first-order valence-electron chi connectivity index (χ1n) is 10.6. The van der Waals surface area contributed by atoms with E-state index in [9.17, 15) is 0 Å². The summed E-state index contributed by atoms with van der Waals surface area (Å²) in [5.74, 6) is 1.80. The third-order valence-electron chi connectivity index (χ3n) is 6.04. The standard InChI is InChI=1S/C23H26ClN5/c24-19-10-4-6-12-21(19)28-13-15-29(16-14-28)23-26-20-11-5-3-9-18(20)22(27-23)25-17-7-1-2-8-17/h3-6,9-12,17H,1-2,7-8,13-16H2,(H,25,26,27). The number of halogens is 1. The van der Waals surface area contributed by atoms with Crippen molar-refractivity contribution < 1.29 is 0 Å². The summed E-state index contributed by atoms with van der Waals surface area (Å²) >= 11 is 6.39. The lowest BCUT2D eigenvalue weighted by atomic mass is 10.2. The van der Waals surface area contributed by atoms with E-state index in [1.165, 1.54) is 25.7 Å². The molecule has 5 rings (SSSR count). The molecule has 0 amide bonds. The van der Waals surface area contributed by atoms with Crippen LogP contribution in [-0.4, -0.2) is 42.2 Å². The van der Waals surface area contributed by atoms with E-state index in [0.29, 0.717) is 6.04 Å². The molecule has 1 aliphatic carbocycles. The zero-order chi connectivity index (χ0) is 19.6. The number of aromatic nitrogens is 2. The van der Waals surface area contributed by atoms with Crippen LogP contribution >= 0.6 is 11.6 Å². The zero-order valence-corrected chi connectivity index (χ0v) is 17.3. The van der Waals surface area contributed by atoms with Gasteiger partial charge in [0.25, 0.3) is 0 Å². The fourth-order valence-electron chi connectivity index (χ4n) is 4.43. The highest BCUT2D eigenvalue weighted by Crippen LogP contribution is 2.30. The van der Waals surface area contributed by atoms with Crippen molar-refractivity contribution in [3.05, 3.63) is 53.6 Å². The van der Waals surface area contributed by atoms with Gasteiger partial charge in [0.2, 0.25) is 5.95 Å². The van der Waals surface area contributed by atoms with Crippen molar-refractivity contribution in [1.29, 1.82) is 0 Å². The van der Waals surface area contributed by atoms with Gasteiger partial charge in [-0.05, 0) is 37.1 Å². The van der Waals surface area contributed by atoms with Gasteiger partial charge in [-0.3, -0.25) is 0 Å². The summed E-state index contributed by atoms with van der Waals surface area (Å²) in [4.78, 5) is 14.5. The molecular weight excluding hydrogens is 382 g/mol. The second-order valence-corrected chi connectivity index (χ2v) is 8.35. The minimum Gasteiger partial charge on any atom is -0.367 e. The van der Waals surface area contributed by atoms with Crippen LogP contribution in [0, 0.1) is 0 Å². The normalized spacial score (nSPS) is 17.8. The van der Waals surface area contributed by atoms with E-state index in [1.54, 1.807) is 0 Å². The molecule has 150 valence electrons. The van der Waals surface area contributed by atoms with E-state index in [2.05, 4.69) is 39.4 Å². The molecule has 6 heteroatoms. The van der Waals surface area contributed by atoms with Gasteiger partial charge in [-0.25, -0.2) is 4.98 Å². The molecule has 1 saturated carbocycles. The molecule has 2 heterocycles. The molecule has 2 fully saturated rings. The van der Waals surface area contributed by atoms with Crippen LogP contribution in [-0.2, 0) is 0 Å². The first-order chi connectivity index (χ1) is 14.3. The number of hydrogen-bond acceptors (Lipinski definition) is 5. The number of nitrogens with one attached hydrogen (secondary N) is 1. The fraction of sp³-hybridized carbons (Fsp3) is 0.391. The third kappa shape index (κ3) is 3.84. The Kier molecular flexibility index (Phi) is 5.15. The minimum absolute atomic E-state index is 0.526. The van der Waals surface area contributed by atoms with Gasteiger partial charge in [0.1, 0.15) is 5.82 Å². The molecule has 1 saturated heterocycles. The molecular formula is C23H26ClN5. The number of hydrogen-bond donors (Lipinski definition) is 1. The highest BCUT2D eigenvalue weighted by Gasteiger charge is 2.23. The van der Waals surface area contributed by atoms with Crippen molar-refractivity contribution in [3.63, 3.8) is 0 Å². The van der Waals surface area contributed by atoms with Gasteiger partial charge < -0.3 is 15.1 Å². The SMILES string of the molecule is Clc1ccccc1N1CCN(c2nc(NC3CCCC3)c3ccccc3n2)CC1. The quantitative estimate of drug-likeness (QED) is 0.661.